The predicted octanol–water partition coefficient (Wildman–Crippen LogP) is 2.24. The maximum atomic E-state index is 13.0. The van der Waals surface area contributed by atoms with Crippen molar-refractivity contribution in [2.75, 3.05) is 18.5 Å². The number of ketones is 1. The van der Waals surface area contributed by atoms with E-state index in [1.54, 1.807) is 23.6 Å². The third kappa shape index (κ3) is 2.80. The molecule has 1 atom stereocenters. The van der Waals surface area contributed by atoms with Gasteiger partial charge in [0.05, 0.1) is 39.3 Å². The van der Waals surface area contributed by atoms with Crippen LogP contribution >= 0.6 is 11.3 Å². The average Bonchev–Trinajstić information content (AvgIpc) is 3.23. The van der Waals surface area contributed by atoms with Gasteiger partial charge in [-0.05, 0) is 35.6 Å². The van der Waals surface area contributed by atoms with E-state index in [4.69, 9.17) is 4.74 Å². The van der Waals surface area contributed by atoms with Gasteiger partial charge in [0, 0.05) is 6.61 Å². The Bertz CT molecular complexity index is 971. The first-order valence-corrected chi connectivity index (χ1v) is 10.4. The Morgan fingerprint density at radius 2 is 2.12 bits per heavy atom. The molecule has 0 radical (unpaired) electrons. The average molecular weight is 377 g/mol. The molecule has 0 spiro atoms. The molecule has 2 aromatic rings. The topological polar surface area (TPSA) is 89.5 Å². The first-order valence-electron chi connectivity index (χ1n) is 7.83. The first-order chi connectivity index (χ1) is 12.0. The standard InChI is InChI=1S/C17H15NO5S2/c19-15-14-12(18-17(20)10-4-6-23-8-10)2-1-3-13(14)25(21,22)9-11-5-7-24-16(11)15/h1-3,5,7,10H,4,6,8-9H2,(H,18,20). The number of hydrogen-bond donors (Lipinski definition) is 1. The second kappa shape index (κ2) is 6.05. The number of benzene rings is 1. The molecule has 130 valence electrons. The number of fused-ring (bicyclic) bond motifs is 2. The Balaban J connectivity index is 1.82. The first kappa shape index (κ1) is 16.4. The Morgan fingerprint density at radius 3 is 2.88 bits per heavy atom. The summed E-state index contributed by atoms with van der Waals surface area (Å²) >= 11 is 1.22. The maximum absolute atomic E-state index is 13.0. The largest absolute Gasteiger partial charge is 0.381 e. The molecule has 25 heavy (non-hydrogen) atoms. The lowest BCUT2D eigenvalue weighted by Crippen LogP contribution is -2.24. The number of anilines is 1. The molecule has 0 saturated carbocycles. The minimum Gasteiger partial charge on any atom is -0.381 e. The maximum Gasteiger partial charge on any atom is 0.229 e. The van der Waals surface area contributed by atoms with Crippen LogP contribution in [0.3, 0.4) is 0 Å². The molecule has 4 rings (SSSR count). The molecule has 0 aliphatic carbocycles. The summed E-state index contributed by atoms with van der Waals surface area (Å²) in [5.74, 6) is -1.12. The second-order valence-electron chi connectivity index (χ2n) is 6.09. The fraction of sp³-hybridized carbons (Fsp3) is 0.294. The molecule has 6 nitrogen and oxygen atoms in total. The van der Waals surface area contributed by atoms with Crippen molar-refractivity contribution in [3.05, 3.63) is 45.6 Å². The van der Waals surface area contributed by atoms with Crippen LogP contribution in [0.5, 0.6) is 0 Å². The lowest BCUT2D eigenvalue weighted by Gasteiger charge is -2.14. The summed E-state index contributed by atoms with van der Waals surface area (Å²) in [7, 11) is -3.66. The van der Waals surface area contributed by atoms with E-state index in [9.17, 15) is 18.0 Å². The van der Waals surface area contributed by atoms with Gasteiger partial charge in [-0.1, -0.05) is 6.07 Å². The van der Waals surface area contributed by atoms with E-state index in [2.05, 4.69) is 5.32 Å². The van der Waals surface area contributed by atoms with Gasteiger partial charge in [0.15, 0.2) is 9.84 Å². The summed E-state index contributed by atoms with van der Waals surface area (Å²) in [4.78, 5) is 25.8. The highest BCUT2D eigenvalue weighted by atomic mass is 32.2. The van der Waals surface area contributed by atoms with Gasteiger partial charge >= 0.3 is 0 Å². The molecular weight excluding hydrogens is 362 g/mol. The van der Waals surface area contributed by atoms with Gasteiger partial charge in [-0.25, -0.2) is 8.42 Å². The summed E-state index contributed by atoms with van der Waals surface area (Å²) < 4.78 is 30.6. The third-order valence-electron chi connectivity index (χ3n) is 4.45. The summed E-state index contributed by atoms with van der Waals surface area (Å²) in [6.45, 7) is 0.860. The zero-order valence-electron chi connectivity index (χ0n) is 13.2. The molecule has 0 bridgehead atoms. The van der Waals surface area contributed by atoms with Crippen LogP contribution in [0.1, 0.15) is 27.2 Å². The molecular formula is C17H15NO5S2. The van der Waals surface area contributed by atoms with Crippen LogP contribution in [0.2, 0.25) is 0 Å². The van der Waals surface area contributed by atoms with Crippen molar-refractivity contribution in [3.63, 3.8) is 0 Å². The molecule has 1 amide bonds. The number of rotatable bonds is 2. The number of ether oxygens (including phenoxy) is 1. The van der Waals surface area contributed by atoms with Crippen LogP contribution in [-0.4, -0.2) is 33.3 Å². The highest BCUT2D eigenvalue weighted by molar-refractivity contribution is 7.90. The van der Waals surface area contributed by atoms with Crippen LogP contribution in [0.25, 0.3) is 0 Å². The molecule has 2 aliphatic rings. The van der Waals surface area contributed by atoms with E-state index < -0.39 is 9.84 Å². The molecule has 1 unspecified atom stereocenters. The van der Waals surface area contributed by atoms with Crippen LogP contribution in [-0.2, 0) is 25.1 Å². The van der Waals surface area contributed by atoms with Gasteiger partial charge in [0.1, 0.15) is 0 Å². The number of amides is 1. The Morgan fingerprint density at radius 1 is 1.28 bits per heavy atom. The van der Waals surface area contributed by atoms with E-state index in [0.29, 0.717) is 30.1 Å². The van der Waals surface area contributed by atoms with Gasteiger partial charge in [0.2, 0.25) is 11.7 Å². The molecule has 3 heterocycles. The zero-order chi connectivity index (χ0) is 17.6. The lowest BCUT2D eigenvalue weighted by atomic mass is 10.0. The smallest absolute Gasteiger partial charge is 0.229 e. The predicted molar refractivity (Wildman–Crippen MR) is 92.6 cm³/mol. The number of sulfone groups is 1. The van der Waals surface area contributed by atoms with E-state index in [0.717, 1.165) is 0 Å². The number of carbonyl (C=O) groups excluding carboxylic acids is 2. The van der Waals surface area contributed by atoms with E-state index in [-0.39, 0.29) is 39.5 Å². The molecule has 1 N–H and O–H groups in total. The monoisotopic (exact) mass is 377 g/mol. The van der Waals surface area contributed by atoms with Gasteiger partial charge in [-0.15, -0.1) is 11.3 Å². The highest BCUT2D eigenvalue weighted by Crippen LogP contribution is 2.36. The molecule has 1 saturated heterocycles. The quantitative estimate of drug-likeness (QED) is 0.867. The number of carbonyl (C=O) groups is 2. The molecule has 1 aromatic carbocycles. The Labute approximate surface area is 148 Å². The Kier molecular flexibility index (Phi) is 3.98. The molecule has 2 aliphatic heterocycles. The summed E-state index contributed by atoms with van der Waals surface area (Å²) in [6.07, 6.45) is 0.613. The Hall–Kier alpha value is -2.03. The fourth-order valence-electron chi connectivity index (χ4n) is 3.15. The van der Waals surface area contributed by atoms with Crippen molar-refractivity contribution in [2.45, 2.75) is 17.1 Å². The third-order valence-corrected chi connectivity index (χ3v) is 7.10. The van der Waals surface area contributed by atoms with E-state index in [1.807, 2.05) is 0 Å². The van der Waals surface area contributed by atoms with Crippen molar-refractivity contribution in [1.82, 2.24) is 0 Å². The van der Waals surface area contributed by atoms with Crippen LogP contribution < -0.4 is 5.32 Å². The lowest BCUT2D eigenvalue weighted by molar-refractivity contribution is -0.119. The molecule has 1 fully saturated rings. The minimum atomic E-state index is -3.66. The number of hydrogen-bond acceptors (Lipinski definition) is 6. The van der Waals surface area contributed by atoms with Crippen LogP contribution in [0.4, 0.5) is 5.69 Å². The van der Waals surface area contributed by atoms with Crippen LogP contribution in [0.15, 0.2) is 34.5 Å². The SMILES string of the molecule is O=C1c2sccc2CS(=O)(=O)c2cccc(NC(=O)C3CCOC3)c21. The van der Waals surface area contributed by atoms with Crippen molar-refractivity contribution in [3.8, 4) is 0 Å². The molecule has 8 heteroatoms. The summed E-state index contributed by atoms with van der Waals surface area (Å²) in [5, 5.41) is 4.44. The number of thiophene rings is 1. The summed E-state index contributed by atoms with van der Waals surface area (Å²) in [5.41, 5.74) is 0.799. The van der Waals surface area contributed by atoms with Gasteiger partial charge in [-0.2, -0.15) is 0 Å². The highest BCUT2D eigenvalue weighted by Gasteiger charge is 2.34. The number of nitrogens with one attached hydrogen (secondary N) is 1. The second-order valence-corrected chi connectivity index (χ2v) is 8.97. The minimum absolute atomic E-state index is 0.0265. The van der Waals surface area contributed by atoms with E-state index in [1.165, 1.54) is 17.4 Å². The van der Waals surface area contributed by atoms with Gasteiger partial charge < -0.3 is 10.1 Å². The normalized spacial score (nSPS) is 21.3. The van der Waals surface area contributed by atoms with Crippen molar-refractivity contribution >= 4 is 38.6 Å². The van der Waals surface area contributed by atoms with Gasteiger partial charge in [-0.3, -0.25) is 9.59 Å². The van der Waals surface area contributed by atoms with Crippen LogP contribution in [0, 0.1) is 5.92 Å². The van der Waals surface area contributed by atoms with Crippen molar-refractivity contribution < 1.29 is 22.7 Å². The van der Waals surface area contributed by atoms with Crippen molar-refractivity contribution in [1.29, 1.82) is 0 Å². The molecule has 1 aromatic heterocycles. The zero-order valence-corrected chi connectivity index (χ0v) is 14.8. The fourth-order valence-corrected chi connectivity index (χ4v) is 5.71. The van der Waals surface area contributed by atoms with Crippen molar-refractivity contribution in [2.24, 2.45) is 5.92 Å². The summed E-state index contributed by atoms with van der Waals surface area (Å²) in [6, 6.07) is 6.20. The van der Waals surface area contributed by atoms with Gasteiger partial charge in [0.25, 0.3) is 0 Å². The van der Waals surface area contributed by atoms with E-state index >= 15 is 0 Å².